The summed E-state index contributed by atoms with van der Waals surface area (Å²) in [6, 6.07) is 11.4. The van der Waals surface area contributed by atoms with Gasteiger partial charge < -0.3 is 19.9 Å². The summed E-state index contributed by atoms with van der Waals surface area (Å²) in [6.07, 6.45) is 2.95. The molecule has 1 saturated carbocycles. The Balaban J connectivity index is 1.41. The number of anilines is 2. The predicted octanol–water partition coefficient (Wildman–Crippen LogP) is 2.47. The number of pyridine rings is 1. The zero-order valence-electron chi connectivity index (χ0n) is 16.9. The number of aromatic nitrogens is 1. The summed E-state index contributed by atoms with van der Waals surface area (Å²) in [6.45, 7) is 4.57. The van der Waals surface area contributed by atoms with Crippen molar-refractivity contribution in [2.75, 3.05) is 43.5 Å². The Labute approximate surface area is 170 Å². The number of piperazine rings is 1. The highest BCUT2D eigenvalue weighted by molar-refractivity contribution is 6.13. The maximum Gasteiger partial charge on any atom is 0.240 e. The van der Waals surface area contributed by atoms with Crippen molar-refractivity contribution in [1.29, 1.82) is 0 Å². The highest BCUT2D eigenvalue weighted by Crippen LogP contribution is 2.48. The molecular formula is C22H26N4O3. The number of rotatable bonds is 5. The summed E-state index contributed by atoms with van der Waals surface area (Å²) < 4.78 is 5.34. The van der Waals surface area contributed by atoms with Gasteiger partial charge in [0.25, 0.3) is 0 Å². The number of nitrogens with zero attached hydrogens (tertiary/aromatic N) is 3. The van der Waals surface area contributed by atoms with Crippen molar-refractivity contribution >= 4 is 23.3 Å². The molecule has 1 aliphatic heterocycles. The maximum absolute atomic E-state index is 13.2. The van der Waals surface area contributed by atoms with Crippen molar-refractivity contribution in [1.82, 2.24) is 9.88 Å². The predicted molar refractivity (Wildman–Crippen MR) is 111 cm³/mol. The van der Waals surface area contributed by atoms with Crippen LogP contribution in [0.5, 0.6) is 5.75 Å². The monoisotopic (exact) mass is 394 g/mol. The second kappa shape index (κ2) is 7.73. The van der Waals surface area contributed by atoms with E-state index in [1.54, 1.807) is 13.3 Å². The van der Waals surface area contributed by atoms with E-state index in [4.69, 9.17) is 4.74 Å². The summed E-state index contributed by atoms with van der Waals surface area (Å²) in [5, 5.41) is 2.93. The SMILES string of the molecule is COc1ccc(C)cc1NC(=O)C1(C(=O)N2CCN(c3ccccn3)CC2)CC1. The number of carbonyl (C=O) groups excluding carboxylic acids is 2. The van der Waals surface area contributed by atoms with E-state index in [-0.39, 0.29) is 11.8 Å². The van der Waals surface area contributed by atoms with E-state index >= 15 is 0 Å². The lowest BCUT2D eigenvalue weighted by molar-refractivity contribution is -0.142. The van der Waals surface area contributed by atoms with E-state index in [0.717, 1.165) is 11.4 Å². The van der Waals surface area contributed by atoms with E-state index in [2.05, 4.69) is 15.2 Å². The third-order valence-electron chi connectivity index (χ3n) is 5.74. The van der Waals surface area contributed by atoms with Crippen LogP contribution >= 0.6 is 0 Å². The lowest BCUT2D eigenvalue weighted by atomic mass is 10.0. The fraction of sp³-hybridized carbons (Fsp3) is 0.409. The van der Waals surface area contributed by atoms with Gasteiger partial charge in [0.2, 0.25) is 11.8 Å². The van der Waals surface area contributed by atoms with Crippen LogP contribution in [0.2, 0.25) is 0 Å². The van der Waals surface area contributed by atoms with Crippen molar-refractivity contribution < 1.29 is 14.3 Å². The van der Waals surface area contributed by atoms with E-state index in [1.165, 1.54) is 0 Å². The fourth-order valence-corrected chi connectivity index (χ4v) is 3.81. The first kappa shape index (κ1) is 19.2. The summed E-state index contributed by atoms with van der Waals surface area (Å²) in [4.78, 5) is 34.6. The maximum atomic E-state index is 13.2. The second-order valence-electron chi connectivity index (χ2n) is 7.71. The Bertz CT molecular complexity index is 904. The van der Waals surface area contributed by atoms with Gasteiger partial charge in [0.15, 0.2) is 0 Å². The standard InChI is InChI=1S/C22H26N4O3/c1-16-6-7-18(29-2)17(15-16)24-20(27)22(8-9-22)21(28)26-13-11-25(12-14-26)19-5-3-4-10-23-19/h3-7,10,15H,8-9,11-14H2,1-2H3,(H,24,27). The van der Waals surface area contributed by atoms with Gasteiger partial charge in [-0.1, -0.05) is 12.1 Å². The van der Waals surface area contributed by atoms with Crippen LogP contribution in [0.1, 0.15) is 18.4 Å². The largest absolute Gasteiger partial charge is 0.495 e. The number of amides is 2. The molecule has 2 heterocycles. The van der Waals surface area contributed by atoms with Gasteiger partial charge in [-0.05, 0) is 49.6 Å². The zero-order valence-corrected chi connectivity index (χ0v) is 16.9. The molecular weight excluding hydrogens is 368 g/mol. The van der Waals surface area contributed by atoms with Crippen molar-refractivity contribution in [3.63, 3.8) is 0 Å². The Morgan fingerprint density at radius 2 is 1.86 bits per heavy atom. The van der Waals surface area contributed by atoms with Gasteiger partial charge in [-0.15, -0.1) is 0 Å². The molecule has 7 heteroatoms. The Hall–Kier alpha value is -3.09. The molecule has 1 saturated heterocycles. The number of aryl methyl sites for hydroxylation is 1. The normalized spacial score (nSPS) is 17.6. The molecule has 2 fully saturated rings. The molecule has 2 aliphatic rings. The van der Waals surface area contributed by atoms with Gasteiger partial charge in [-0.3, -0.25) is 9.59 Å². The number of ether oxygens (including phenoxy) is 1. The molecule has 2 amide bonds. The van der Waals surface area contributed by atoms with Gasteiger partial charge in [0.05, 0.1) is 12.8 Å². The van der Waals surface area contributed by atoms with E-state index in [1.807, 2.05) is 48.2 Å². The molecule has 2 aromatic rings. The molecule has 0 atom stereocenters. The van der Waals surface area contributed by atoms with Crippen LogP contribution in [0.4, 0.5) is 11.5 Å². The summed E-state index contributed by atoms with van der Waals surface area (Å²) in [5.74, 6) is 1.21. The van der Waals surface area contributed by atoms with Crippen molar-refractivity contribution in [2.45, 2.75) is 19.8 Å². The molecule has 0 bridgehead atoms. The smallest absolute Gasteiger partial charge is 0.240 e. The minimum Gasteiger partial charge on any atom is -0.495 e. The molecule has 1 aliphatic carbocycles. The van der Waals surface area contributed by atoms with Crippen LogP contribution in [0.25, 0.3) is 0 Å². The van der Waals surface area contributed by atoms with E-state index in [0.29, 0.717) is 50.5 Å². The number of nitrogens with one attached hydrogen (secondary N) is 1. The highest BCUT2D eigenvalue weighted by atomic mass is 16.5. The first-order valence-electron chi connectivity index (χ1n) is 9.95. The fourth-order valence-electron chi connectivity index (χ4n) is 3.81. The first-order chi connectivity index (χ1) is 14.0. The van der Waals surface area contributed by atoms with E-state index < -0.39 is 5.41 Å². The zero-order chi connectivity index (χ0) is 20.4. The minimum atomic E-state index is -0.943. The van der Waals surface area contributed by atoms with Crippen molar-refractivity contribution in [2.24, 2.45) is 5.41 Å². The van der Waals surface area contributed by atoms with Gasteiger partial charge in [0.1, 0.15) is 17.0 Å². The van der Waals surface area contributed by atoms with Crippen LogP contribution in [0.3, 0.4) is 0 Å². The Morgan fingerprint density at radius 1 is 1.10 bits per heavy atom. The summed E-state index contributed by atoms with van der Waals surface area (Å²) >= 11 is 0. The molecule has 1 N–H and O–H groups in total. The summed E-state index contributed by atoms with van der Waals surface area (Å²) in [7, 11) is 1.57. The lowest BCUT2D eigenvalue weighted by Crippen LogP contribution is -2.52. The number of benzene rings is 1. The lowest BCUT2D eigenvalue weighted by Gasteiger charge is -2.36. The second-order valence-corrected chi connectivity index (χ2v) is 7.71. The number of hydrogen-bond donors (Lipinski definition) is 1. The molecule has 7 nitrogen and oxygen atoms in total. The average Bonchev–Trinajstić information content (AvgIpc) is 3.56. The molecule has 0 radical (unpaired) electrons. The Kier molecular flexibility index (Phi) is 5.13. The van der Waals surface area contributed by atoms with Crippen LogP contribution in [-0.4, -0.2) is 55.0 Å². The van der Waals surface area contributed by atoms with Crippen LogP contribution in [-0.2, 0) is 9.59 Å². The van der Waals surface area contributed by atoms with Crippen LogP contribution < -0.4 is 15.0 Å². The van der Waals surface area contributed by atoms with E-state index in [9.17, 15) is 9.59 Å². The van der Waals surface area contributed by atoms with Gasteiger partial charge in [-0.2, -0.15) is 0 Å². The van der Waals surface area contributed by atoms with Gasteiger partial charge in [-0.25, -0.2) is 4.98 Å². The van der Waals surface area contributed by atoms with Crippen molar-refractivity contribution in [3.05, 3.63) is 48.2 Å². The van der Waals surface area contributed by atoms with Gasteiger partial charge in [0, 0.05) is 32.4 Å². The van der Waals surface area contributed by atoms with Crippen LogP contribution in [0.15, 0.2) is 42.6 Å². The third-order valence-corrected chi connectivity index (χ3v) is 5.74. The molecule has 1 aromatic heterocycles. The highest BCUT2D eigenvalue weighted by Gasteiger charge is 2.58. The molecule has 0 spiro atoms. The molecule has 152 valence electrons. The topological polar surface area (TPSA) is 74.8 Å². The number of carbonyl (C=O) groups is 2. The van der Waals surface area contributed by atoms with Crippen LogP contribution in [0, 0.1) is 12.3 Å². The van der Waals surface area contributed by atoms with Crippen molar-refractivity contribution in [3.8, 4) is 5.75 Å². The Morgan fingerprint density at radius 3 is 2.48 bits per heavy atom. The summed E-state index contributed by atoms with van der Waals surface area (Å²) in [5.41, 5.74) is 0.682. The first-order valence-corrected chi connectivity index (χ1v) is 9.95. The number of hydrogen-bond acceptors (Lipinski definition) is 5. The molecule has 1 aromatic carbocycles. The molecule has 4 rings (SSSR count). The molecule has 0 unspecified atom stereocenters. The minimum absolute atomic E-state index is 0.0673. The van der Waals surface area contributed by atoms with Gasteiger partial charge >= 0.3 is 0 Å². The quantitative estimate of drug-likeness (QED) is 0.789. The molecule has 29 heavy (non-hydrogen) atoms. The number of methoxy groups -OCH3 is 1. The average molecular weight is 394 g/mol. The third kappa shape index (κ3) is 3.77.